The summed E-state index contributed by atoms with van der Waals surface area (Å²) < 4.78 is 0. The number of nitrogens with zero attached hydrogens (tertiary/aromatic N) is 2. The average Bonchev–Trinajstić information content (AvgIpc) is 3.17. The largest absolute Gasteiger partial charge is 0.325 e. The van der Waals surface area contributed by atoms with Gasteiger partial charge < -0.3 is 4.90 Å². The van der Waals surface area contributed by atoms with Crippen molar-refractivity contribution >= 4 is 5.91 Å². The van der Waals surface area contributed by atoms with Gasteiger partial charge in [0.15, 0.2) is 0 Å². The highest BCUT2D eigenvalue weighted by Crippen LogP contribution is 2.26. The molecule has 0 spiro atoms. The van der Waals surface area contributed by atoms with Gasteiger partial charge in [-0.25, -0.2) is 0 Å². The van der Waals surface area contributed by atoms with Crippen LogP contribution in [0.2, 0.25) is 0 Å². The summed E-state index contributed by atoms with van der Waals surface area (Å²) in [4.78, 5) is 16.8. The summed E-state index contributed by atoms with van der Waals surface area (Å²) >= 11 is 0. The standard InChI is InChI=1S/C14H27N3O/c1-4-12-14(18)17(13(5-2)15-12)10-9-16(6-3)11-7-8-11/h11-13,15H,4-10H2,1-3H3. The van der Waals surface area contributed by atoms with Crippen molar-refractivity contribution in [3.05, 3.63) is 0 Å². The Morgan fingerprint density at radius 2 is 2.00 bits per heavy atom. The van der Waals surface area contributed by atoms with Gasteiger partial charge in [0.1, 0.15) is 0 Å². The van der Waals surface area contributed by atoms with Crippen LogP contribution in [0.3, 0.4) is 0 Å². The minimum Gasteiger partial charge on any atom is -0.325 e. The van der Waals surface area contributed by atoms with Gasteiger partial charge in [-0.15, -0.1) is 0 Å². The van der Waals surface area contributed by atoms with Gasteiger partial charge in [0.05, 0.1) is 12.2 Å². The van der Waals surface area contributed by atoms with E-state index in [2.05, 4.69) is 35.9 Å². The second kappa shape index (κ2) is 6.02. The van der Waals surface area contributed by atoms with E-state index in [1.165, 1.54) is 12.8 Å². The molecule has 1 heterocycles. The van der Waals surface area contributed by atoms with Crippen LogP contribution in [0.15, 0.2) is 0 Å². The number of rotatable bonds is 7. The molecule has 1 N–H and O–H groups in total. The molecule has 2 rings (SSSR count). The van der Waals surface area contributed by atoms with E-state index in [9.17, 15) is 4.79 Å². The molecule has 18 heavy (non-hydrogen) atoms. The molecular weight excluding hydrogens is 226 g/mol. The van der Waals surface area contributed by atoms with Crippen LogP contribution in [-0.2, 0) is 4.79 Å². The topological polar surface area (TPSA) is 35.6 Å². The van der Waals surface area contributed by atoms with Gasteiger partial charge >= 0.3 is 0 Å². The Hall–Kier alpha value is -0.610. The number of amides is 1. The first-order chi connectivity index (χ1) is 8.71. The Bertz CT molecular complexity index is 291. The van der Waals surface area contributed by atoms with Gasteiger partial charge in [-0.1, -0.05) is 20.8 Å². The first kappa shape index (κ1) is 13.8. The quantitative estimate of drug-likeness (QED) is 0.745. The summed E-state index contributed by atoms with van der Waals surface area (Å²) in [5, 5.41) is 3.43. The van der Waals surface area contributed by atoms with Crippen molar-refractivity contribution in [2.45, 2.75) is 64.7 Å². The Kier molecular flexibility index (Phi) is 4.62. The Balaban J connectivity index is 1.87. The van der Waals surface area contributed by atoms with Gasteiger partial charge in [-0.05, 0) is 32.2 Å². The maximum atomic E-state index is 12.2. The van der Waals surface area contributed by atoms with Gasteiger partial charge in [-0.3, -0.25) is 15.0 Å². The lowest BCUT2D eigenvalue weighted by Gasteiger charge is -2.27. The number of hydrogen-bond donors (Lipinski definition) is 1. The fourth-order valence-corrected chi connectivity index (χ4v) is 2.92. The first-order valence-electron chi connectivity index (χ1n) is 7.51. The number of hydrogen-bond acceptors (Lipinski definition) is 3. The fourth-order valence-electron chi connectivity index (χ4n) is 2.92. The molecule has 2 unspecified atom stereocenters. The van der Waals surface area contributed by atoms with Crippen LogP contribution in [-0.4, -0.2) is 53.6 Å². The molecule has 0 radical (unpaired) electrons. The van der Waals surface area contributed by atoms with Crippen LogP contribution in [0.5, 0.6) is 0 Å². The highest BCUT2D eigenvalue weighted by Gasteiger charge is 2.37. The summed E-state index contributed by atoms with van der Waals surface area (Å²) in [5.74, 6) is 0.302. The molecule has 0 aromatic heterocycles. The molecule has 4 heteroatoms. The molecule has 0 aromatic carbocycles. The number of nitrogens with one attached hydrogen (secondary N) is 1. The van der Waals surface area contributed by atoms with Crippen molar-refractivity contribution in [2.75, 3.05) is 19.6 Å². The van der Waals surface area contributed by atoms with Crippen LogP contribution in [0, 0.1) is 0 Å². The third-order valence-electron chi connectivity index (χ3n) is 4.24. The smallest absolute Gasteiger partial charge is 0.241 e. The first-order valence-corrected chi connectivity index (χ1v) is 7.51. The molecule has 0 bridgehead atoms. The van der Waals surface area contributed by atoms with E-state index >= 15 is 0 Å². The van der Waals surface area contributed by atoms with Crippen molar-refractivity contribution in [1.29, 1.82) is 0 Å². The summed E-state index contributed by atoms with van der Waals surface area (Å²) in [6.07, 6.45) is 4.83. The molecule has 2 atom stereocenters. The average molecular weight is 253 g/mol. The SMILES string of the molecule is CCC1NC(CC)N(CCN(CC)C2CC2)C1=O. The predicted octanol–water partition coefficient (Wildman–Crippen LogP) is 1.42. The van der Waals surface area contributed by atoms with Crippen molar-refractivity contribution in [3.63, 3.8) is 0 Å². The fraction of sp³-hybridized carbons (Fsp3) is 0.929. The monoisotopic (exact) mass is 253 g/mol. The minimum absolute atomic E-state index is 0.0472. The summed E-state index contributed by atoms with van der Waals surface area (Å²) in [6.45, 7) is 9.46. The normalized spacial score (nSPS) is 28.4. The molecule has 1 saturated carbocycles. The molecule has 2 aliphatic rings. The zero-order valence-electron chi connectivity index (χ0n) is 12.0. The lowest BCUT2D eigenvalue weighted by molar-refractivity contribution is -0.130. The van der Waals surface area contributed by atoms with Gasteiger partial charge in [0.25, 0.3) is 0 Å². The molecule has 1 aliphatic heterocycles. The zero-order chi connectivity index (χ0) is 13.1. The van der Waals surface area contributed by atoms with E-state index in [0.717, 1.165) is 38.5 Å². The molecule has 4 nitrogen and oxygen atoms in total. The van der Waals surface area contributed by atoms with E-state index in [4.69, 9.17) is 0 Å². The molecule has 1 saturated heterocycles. The molecule has 104 valence electrons. The van der Waals surface area contributed by atoms with E-state index in [-0.39, 0.29) is 12.2 Å². The van der Waals surface area contributed by atoms with Crippen LogP contribution in [0.25, 0.3) is 0 Å². The Morgan fingerprint density at radius 1 is 1.28 bits per heavy atom. The lowest BCUT2D eigenvalue weighted by Crippen LogP contribution is -2.42. The van der Waals surface area contributed by atoms with Crippen molar-refractivity contribution in [3.8, 4) is 0 Å². The Labute approximate surface area is 111 Å². The van der Waals surface area contributed by atoms with E-state index < -0.39 is 0 Å². The number of carbonyl (C=O) groups excluding carboxylic acids is 1. The van der Waals surface area contributed by atoms with Crippen molar-refractivity contribution in [1.82, 2.24) is 15.1 Å². The summed E-state index contributed by atoms with van der Waals surface area (Å²) in [5.41, 5.74) is 0. The third kappa shape index (κ3) is 2.86. The van der Waals surface area contributed by atoms with Crippen molar-refractivity contribution in [2.24, 2.45) is 0 Å². The lowest BCUT2D eigenvalue weighted by atomic mass is 10.2. The van der Waals surface area contributed by atoms with E-state index in [0.29, 0.717) is 5.91 Å². The van der Waals surface area contributed by atoms with Crippen LogP contribution in [0.4, 0.5) is 0 Å². The second-order valence-electron chi connectivity index (χ2n) is 5.44. The molecular formula is C14H27N3O. The molecule has 2 fully saturated rings. The van der Waals surface area contributed by atoms with Crippen LogP contribution < -0.4 is 5.32 Å². The summed E-state index contributed by atoms with van der Waals surface area (Å²) in [7, 11) is 0. The maximum Gasteiger partial charge on any atom is 0.241 e. The van der Waals surface area contributed by atoms with Gasteiger partial charge in [0, 0.05) is 19.1 Å². The third-order valence-corrected chi connectivity index (χ3v) is 4.24. The zero-order valence-corrected chi connectivity index (χ0v) is 12.0. The van der Waals surface area contributed by atoms with E-state index in [1.54, 1.807) is 0 Å². The molecule has 1 aliphatic carbocycles. The predicted molar refractivity (Wildman–Crippen MR) is 73.3 cm³/mol. The van der Waals surface area contributed by atoms with Crippen LogP contribution >= 0.6 is 0 Å². The van der Waals surface area contributed by atoms with Crippen molar-refractivity contribution < 1.29 is 4.79 Å². The molecule has 0 aromatic rings. The number of carbonyl (C=O) groups is 1. The van der Waals surface area contributed by atoms with Crippen LogP contribution in [0.1, 0.15) is 46.5 Å². The van der Waals surface area contributed by atoms with Gasteiger partial charge in [0.2, 0.25) is 5.91 Å². The highest BCUT2D eigenvalue weighted by molar-refractivity contribution is 5.84. The molecule has 1 amide bonds. The summed E-state index contributed by atoms with van der Waals surface area (Å²) in [6, 6.07) is 0.841. The minimum atomic E-state index is 0.0472. The maximum absolute atomic E-state index is 12.2. The highest BCUT2D eigenvalue weighted by atomic mass is 16.2. The van der Waals surface area contributed by atoms with Gasteiger partial charge in [-0.2, -0.15) is 0 Å². The Morgan fingerprint density at radius 3 is 2.50 bits per heavy atom. The van der Waals surface area contributed by atoms with E-state index in [1.807, 2.05) is 0 Å². The number of likely N-dealkylation sites (N-methyl/N-ethyl adjacent to an activating group) is 1. The second-order valence-corrected chi connectivity index (χ2v) is 5.44.